The molecule has 176 valence electrons. The maximum atomic E-state index is 12.8. The number of hydrazone groups is 1. The van der Waals surface area contributed by atoms with Crippen LogP contribution in [0.2, 0.25) is 0 Å². The lowest BCUT2D eigenvalue weighted by Gasteiger charge is -2.27. The minimum Gasteiger partial charge on any atom is -0.321 e. The van der Waals surface area contributed by atoms with E-state index in [-0.39, 0.29) is 11.5 Å². The van der Waals surface area contributed by atoms with Crippen LogP contribution in [0, 0.1) is 5.92 Å². The highest BCUT2D eigenvalue weighted by Gasteiger charge is 2.22. The third-order valence-electron chi connectivity index (χ3n) is 6.47. The molecule has 0 unspecified atom stereocenters. The summed E-state index contributed by atoms with van der Waals surface area (Å²) in [6, 6.07) is 6.56. The topological polar surface area (TPSA) is 70.5 Å². The summed E-state index contributed by atoms with van der Waals surface area (Å²) in [5, 5.41) is 8.10. The molecule has 2 aromatic rings. The van der Waals surface area contributed by atoms with Crippen LogP contribution in [-0.4, -0.2) is 22.6 Å². The Kier molecular flexibility index (Phi) is 8.25. The van der Waals surface area contributed by atoms with Crippen molar-refractivity contribution in [3.8, 4) is 0 Å². The third kappa shape index (κ3) is 6.00. The first kappa shape index (κ1) is 24.5. The molecule has 6 nitrogen and oxygen atoms in total. The molecule has 1 N–H and O–H groups in total. The number of rotatable bonds is 8. The van der Waals surface area contributed by atoms with Crippen molar-refractivity contribution in [2.24, 2.45) is 11.0 Å². The van der Waals surface area contributed by atoms with Crippen molar-refractivity contribution >= 4 is 24.1 Å². The zero-order valence-electron chi connectivity index (χ0n) is 19.4. The summed E-state index contributed by atoms with van der Waals surface area (Å²) in [5.74, 6) is 1.30. The summed E-state index contributed by atoms with van der Waals surface area (Å²) < 4.78 is 25.6. The van der Waals surface area contributed by atoms with Crippen molar-refractivity contribution in [1.82, 2.24) is 9.97 Å². The molecule has 1 amide bonds. The van der Waals surface area contributed by atoms with Crippen LogP contribution < -0.4 is 10.3 Å². The Hall–Kier alpha value is -3.16. The number of nitrogens with zero attached hydrogens (tertiary/aromatic N) is 4. The predicted molar refractivity (Wildman–Crippen MR) is 127 cm³/mol. The first-order chi connectivity index (χ1) is 15.8. The Morgan fingerprint density at radius 3 is 2.39 bits per heavy atom. The molecule has 3 rings (SSSR count). The quantitative estimate of drug-likeness (QED) is 0.282. The van der Waals surface area contributed by atoms with Crippen molar-refractivity contribution in [2.45, 2.75) is 65.2 Å². The molecular weight excluding hydrogens is 424 g/mol. The number of anilines is 2. The molecule has 0 bridgehead atoms. The molecular formula is C25H31F2N5O. The lowest BCUT2D eigenvalue weighted by Crippen LogP contribution is -2.21. The van der Waals surface area contributed by atoms with Crippen LogP contribution in [0.15, 0.2) is 53.0 Å². The average Bonchev–Trinajstić information content (AvgIpc) is 2.84. The fourth-order valence-corrected chi connectivity index (χ4v) is 4.14. The van der Waals surface area contributed by atoms with Gasteiger partial charge in [0.1, 0.15) is 0 Å². The fraction of sp³-hybridized carbons (Fsp3) is 0.440. The van der Waals surface area contributed by atoms with Gasteiger partial charge in [-0.05, 0) is 69.7 Å². The second kappa shape index (κ2) is 11.1. The van der Waals surface area contributed by atoms with Gasteiger partial charge >= 0.3 is 0 Å². The maximum absolute atomic E-state index is 12.8. The summed E-state index contributed by atoms with van der Waals surface area (Å²) in [4.78, 5) is 21.4. The maximum Gasteiger partial charge on any atom is 0.265 e. The molecule has 0 atom stereocenters. The molecule has 1 aliphatic rings. The third-order valence-corrected chi connectivity index (χ3v) is 6.47. The molecule has 1 aliphatic carbocycles. The van der Waals surface area contributed by atoms with Crippen LogP contribution in [-0.2, 0) is 4.79 Å². The van der Waals surface area contributed by atoms with E-state index in [0.29, 0.717) is 28.7 Å². The van der Waals surface area contributed by atoms with E-state index >= 15 is 0 Å². The van der Waals surface area contributed by atoms with Crippen molar-refractivity contribution in [3.63, 3.8) is 0 Å². The van der Waals surface area contributed by atoms with Gasteiger partial charge in [0.05, 0.1) is 11.9 Å². The Balaban J connectivity index is 1.67. The second-order valence-corrected chi connectivity index (χ2v) is 8.47. The normalized spacial score (nSPS) is 19.1. The van der Waals surface area contributed by atoms with Crippen LogP contribution in [0.4, 0.5) is 20.3 Å². The van der Waals surface area contributed by atoms with E-state index in [1.807, 2.05) is 12.1 Å². The lowest BCUT2D eigenvalue weighted by molar-refractivity contribution is -0.112. The largest absolute Gasteiger partial charge is 0.321 e. The number of amides is 1. The van der Waals surface area contributed by atoms with E-state index in [1.165, 1.54) is 36.4 Å². The van der Waals surface area contributed by atoms with Crippen molar-refractivity contribution in [3.05, 3.63) is 59.2 Å². The Morgan fingerprint density at radius 1 is 1.15 bits per heavy atom. The highest BCUT2D eigenvalue weighted by Crippen LogP contribution is 2.36. The lowest BCUT2D eigenvalue weighted by atomic mass is 9.79. The Bertz CT molecular complexity index is 981. The predicted octanol–water partition coefficient (Wildman–Crippen LogP) is 6.45. The van der Waals surface area contributed by atoms with E-state index < -0.39 is 6.43 Å². The minimum absolute atomic E-state index is 0.187. The van der Waals surface area contributed by atoms with Crippen molar-refractivity contribution < 1.29 is 13.6 Å². The summed E-state index contributed by atoms with van der Waals surface area (Å²) in [5.41, 5.74) is 2.37. The van der Waals surface area contributed by atoms with Crippen molar-refractivity contribution in [1.29, 1.82) is 0 Å². The Labute approximate surface area is 193 Å². The molecule has 0 radical (unpaired) electrons. The van der Waals surface area contributed by atoms with Crippen LogP contribution in [0.1, 0.15) is 76.5 Å². The number of carbonyl (C=O) groups is 1. The van der Waals surface area contributed by atoms with E-state index in [4.69, 9.17) is 0 Å². The van der Waals surface area contributed by atoms with Gasteiger partial charge in [-0.2, -0.15) is 5.10 Å². The smallest absolute Gasteiger partial charge is 0.265 e. The van der Waals surface area contributed by atoms with Crippen LogP contribution in [0.3, 0.4) is 0 Å². The molecule has 1 fully saturated rings. The molecule has 0 saturated heterocycles. The van der Waals surface area contributed by atoms with E-state index in [9.17, 15) is 13.6 Å². The molecule has 33 heavy (non-hydrogen) atoms. The molecule has 2 heterocycles. The number of halogens is 2. The number of pyridine rings is 2. The second-order valence-electron chi connectivity index (χ2n) is 8.47. The van der Waals surface area contributed by atoms with Gasteiger partial charge in [0.2, 0.25) is 0 Å². The van der Waals surface area contributed by atoms with Crippen molar-refractivity contribution in [2.75, 3.05) is 10.3 Å². The number of hydrogen-bond acceptors (Lipinski definition) is 5. The first-order valence-electron chi connectivity index (χ1n) is 11.3. The molecule has 1 saturated carbocycles. The van der Waals surface area contributed by atoms with Gasteiger partial charge < -0.3 is 5.32 Å². The summed E-state index contributed by atoms with van der Waals surface area (Å²) >= 11 is 0. The zero-order chi connectivity index (χ0) is 24.0. The number of aromatic nitrogens is 2. The van der Waals surface area contributed by atoms with Gasteiger partial charge in [0.25, 0.3) is 12.3 Å². The monoisotopic (exact) mass is 455 g/mol. The SMILES string of the molecule is C=NN(/C(C)=C(\C)C(=O)Nc1ccc(C2CCC(CC)CC2)nc1)c1ccc(C(F)F)cn1. The average molecular weight is 456 g/mol. The molecule has 0 aliphatic heterocycles. The van der Waals surface area contributed by atoms with Crippen LogP contribution in [0.25, 0.3) is 0 Å². The summed E-state index contributed by atoms with van der Waals surface area (Å²) in [7, 11) is 0. The minimum atomic E-state index is -2.60. The number of hydrogen-bond donors (Lipinski definition) is 1. The standard InChI is InChI=1S/C25H31F2N5O/c1-5-18-6-8-19(9-7-18)22-12-11-21(15-29-22)31-25(33)16(2)17(3)32(28-4)23-13-10-20(14-30-23)24(26)27/h10-15,18-19,24H,4-9H2,1-3H3,(H,31,33)/b17-16+. The highest BCUT2D eigenvalue weighted by atomic mass is 19.3. The number of nitrogens with one attached hydrogen (secondary N) is 1. The van der Waals surface area contributed by atoms with Gasteiger partial charge in [-0.3, -0.25) is 9.78 Å². The first-order valence-corrected chi connectivity index (χ1v) is 11.3. The number of alkyl halides is 2. The van der Waals surface area contributed by atoms with Gasteiger partial charge in [0.15, 0.2) is 5.82 Å². The van der Waals surface area contributed by atoms with Gasteiger partial charge in [-0.1, -0.05) is 13.3 Å². The summed E-state index contributed by atoms with van der Waals surface area (Å²) in [6.07, 6.45) is 6.24. The Morgan fingerprint density at radius 2 is 1.88 bits per heavy atom. The molecule has 0 aromatic carbocycles. The van der Waals surface area contributed by atoms with Gasteiger partial charge in [-0.25, -0.2) is 18.8 Å². The highest BCUT2D eigenvalue weighted by molar-refractivity contribution is 6.04. The molecule has 2 aromatic heterocycles. The summed E-state index contributed by atoms with van der Waals surface area (Å²) in [6.45, 7) is 9.12. The van der Waals surface area contributed by atoms with Crippen LogP contribution >= 0.6 is 0 Å². The van der Waals surface area contributed by atoms with E-state index in [0.717, 1.165) is 30.7 Å². The van der Waals surface area contributed by atoms with Gasteiger partial charge in [-0.15, -0.1) is 0 Å². The number of carbonyl (C=O) groups excluding carboxylic acids is 1. The van der Waals surface area contributed by atoms with Crippen LogP contribution in [0.5, 0.6) is 0 Å². The molecule has 0 spiro atoms. The fourth-order valence-electron chi connectivity index (χ4n) is 4.14. The zero-order valence-corrected chi connectivity index (χ0v) is 19.4. The number of allylic oxidation sites excluding steroid dienone is 1. The van der Waals surface area contributed by atoms with E-state index in [1.54, 1.807) is 20.0 Å². The van der Waals surface area contributed by atoms with E-state index in [2.05, 4.69) is 34.0 Å². The van der Waals surface area contributed by atoms with Gasteiger partial charge in [0, 0.05) is 41.4 Å². The molecule has 8 heteroatoms.